The second-order valence-corrected chi connectivity index (χ2v) is 5.90. The molecule has 0 aromatic heterocycles. The molecule has 1 fully saturated rings. The molecule has 3 heteroatoms. The van der Waals surface area contributed by atoms with Gasteiger partial charge in [-0.2, -0.15) is 0 Å². The summed E-state index contributed by atoms with van der Waals surface area (Å²) in [4.78, 5) is 2.44. The van der Waals surface area contributed by atoms with Gasteiger partial charge in [-0.1, -0.05) is 28.1 Å². The zero-order valence-electron chi connectivity index (χ0n) is 10.6. The van der Waals surface area contributed by atoms with Gasteiger partial charge < -0.3 is 10.2 Å². The first-order valence-electron chi connectivity index (χ1n) is 6.32. The maximum atomic E-state index is 3.56. The largest absolute Gasteiger partial charge is 0.313 e. The van der Waals surface area contributed by atoms with E-state index < -0.39 is 0 Å². The van der Waals surface area contributed by atoms with Crippen LogP contribution in [0.15, 0.2) is 28.7 Å². The lowest BCUT2D eigenvalue weighted by Gasteiger charge is -2.35. The average Bonchev–Trinajstić information content (AvgIpc) is 2.30. The number of nitrogens with zero attached hydrogens (tertiary/aromatic N) is 1. The van der Waals surface area contributed by atoms with Crippen LogP contribution in [-0.4, -0.2) is 32.1 Å². The van der Waals surface area contributed by atoms with Crippen molar-refractivity contribution in [2.75, 3.05) is 27.2 Å². The van der Waals surface area contributed by atoms with E-state index in [2.05, 4.69) is 64.5 Å². The molecule has 0 amide bonds. The summed E-state index contributed by atoms with van der Waals surface area (Å²) in [7, 11) is 4.29. The van der Waals surface area contributed by atoms with E-state index in [0.717, 1.165) is 0 Å². The van der Waals surface area contributed by atoms with Crippen molar-refractivity contribution >= 4 is 15.9 Å². The van der Waals surface area contributed by atoms with Crippen molar-refractivity contribution in [3.63, 3.8) is 0 Å². The van der Waals surface area contributed by atoms with E-state index in [-0.39, 0.29) is 0 Å². The standard InChI is InChI=1S/C14H21BrN2/c1-16-14(11-5-3-7-13(15)9-11)12-6-4-8-17(2)10-12/h3,5,7,9,12,14,16H,4,6,8,10H2,1-2H3. The van der Waals surface area contributed by atoms with Gasteiger partial charge in [0.15, 0.2) is 0 Å². The number of piperidine rings is 1. The molecule has 2 atom stereocenters. The summed E-state index contributed by atoms with van der Waals surface area (Å²) in [5.41, 5.74) is 1.39. The van der Waals surface area contributed by atoms with E-state index in [9.17, 15) is 0 Å². The third-order valence-electron chi connectivity index (χ3n) is 3.65. The highest BCUT2D eigenvalue weighted by atomic mass is 79.9. The van der Waals surface area contributed by atoms with Crippen LogP contribution in [-0.2, 0) is 0 Å². The summed E-state index contributed by atoms with van der Waals surface area (Å²) < 4.78 is 1.17. The van der Waals surface area contributed by atoms with Crippen LogP contribution in [0.2, 0.25) is 0 Å². The van der Waals surface area contributed by atoms with Crippen molar-refractivity contribution in [2.24, 2.45) is 5.92 Å². The van der Waals surface area contributed by atoms with Crippen molar-refractivity contribution < 1.29 is 0 Å². The minimum absolute atomic E-state index is 0.468. The fourth-order valence-corrected chi connectivity index (χ4v) is 3.27. The normalized spacial score (nSPS) is 23.6. The molecule has 0 aliphatic carbocycles. The van der Waals surface area contributed by atoms with Crippen LogP contribution in [0.25, 0.3) is 0 Å². The van der Waals surface area contributed by atoms with Crippen LogP contribution < -0.4 is 5.32 Å². The number of rotatable bonds is 3. The Bertz CT molecular complexity index is 367. The topological polar surface area (TPSA) is 15.3 Å². The summed E-state index contributed by atoms with van der Waals surface area (Å²) >= 11 is 3.56. The zero-order valence-corrected chi connectivity index (χ0v) is 12.2. The van der Waals surface area contributed by atoms with E-state index in [1.807, 2.05) is 0 Å². The van der Waals surface area contributed by atoms with Gasteiger partial charge in [-0.05, 0) is 57.1 Å². The predicted molar refractivity (Wildman–Crippen MR) is 76.2 cm³/mol. The zero-order chi connectivity index (χ0) is 12.3. The molecular weight excluding hydrogens is 276 g/mol. The molecule has 1 N–H and O–H groups in total. The quantitative estimate of drug-likeness (QED) is 0.922. The molecule has 2 nitrogen and oxygen atoms in total. The molecule has 0 bridgehead atoms. The Labute approximate surface area is 113 Å². The number of halogens is 1. The van der Waals surface area contributed by atoms with E-state index in [1.54, 1.807) is 0 Å². The fourth-order valence-electron chi connectivity index (χ4n) is 2.85. The Balaban J connectivity index is 2.15. The molecule has 1 saturated heterocycles. The van der Waals surface area contributed by atoms with Gasteiger partial charge in [-0.15, -0.1) is 0 Å². The number of nitrogens with one attached hydrogen (secondary N) is 1. The first kappa shape index (κ1) is 13.1. The van der Waals surface area contributed by atoms with Crippen LogP contribution in [0.5, 0.6) is 0 Å². The summed E-state index contributed by atoms with van der Waals surface area (Å²) in [6.07, 6.45) is 2.63. The third kappa shape index (κ3) is 3.30. The molecule has 0 radical (unpaired) electrons. The Morgan fingerprint density at radius 1 is 1.47 bits per heavy atom. The molecule has 1 aromatic rings. The molecule has 0 spiro atoms. The Hall–Kier alpha value is -0.380. The van der Waals surface area contributed by atoms with Gasteiger partial charge in [0.25, 0.3) is 0 Å². The molecule has 1 heterocycles. The van der Waals surface area contributed by atoms with E-state index in [0.29, 0.717) is 12.0 Å². The second kappa shape index (κ2) is 5.98. The van der Waals surface area contributed by atoms with Crippen molar-refractivity contribution in [1.29, 1.82) is 0 Å². The fraction of sp³-hybridized carbons (Fsp3) is 0.571. The lowest BCUT2D eigenvalue weighted by atomic mass is 9.87. The Morgan fingerprint density at radius 3 is 2.94 bits per heavy atom. The van der Waals surface area contributed by atoms with Crippen molar-refractivity contribution in [1.82, 2.24) is 10.2 Å². The molecule has 0 saturated carbocycles. The predicted octanol–water partition coefficient (Wildman–Crippen LogP) is 3.05. The minimum atomic E-state index is 0.468. The molecule has 1 aliphatic rings. The van der Waals surface area contributed by atoms with Crippen LogP contribution in [0.3, 0.4) is 0 Å². The van der Waals surface area contributed by atoms with Crippen LogP contribution in [0, 0.1) is 5.92 Å². The molecular formula is C14H21BrN2. The van der Waals surface area contributed by atoms with E-state index in [1.165, 1.54) is 36.0 Å². The first-order chi connectivity index (χ1) is 8.20. The molecule has 1 aromatic carbocycles. The smallest absolute Gasteiger partial charge is 0.0358 e. The SMILES string of the molecule is CNC(c1cccc(Br)c1)C1CCCN(C)C1. The maximum Gasteiger partial charge on any atom is 0.0358 e. The maximum absolute atomic E-state index is 3.56. The Morgan fingerprint density at radius 2 is 2.29 bits per heavy atom. The van der Waals surface area contributed by atoms with Crippen LogP contribution in [0.4, 0.5) is 0 Å². The van der Waals surface area contributed by atoms with Crippen LogP contribution >= 0.6 is 15.9 Å². The molecule has 2 unspecified atom stereocenters. The van der Waals surface area contributed by atoms with Gasteiger partial charge in [-0.25, -0.2) is 0 Å². The molecule has 17 heavy (non-hydrogen) atoms. The van der Waals surface area contributed by atoms with Gasteiger partial charge in [0, 0.05) is 17.1 Å². The number of hydrogen-bond donors (Lipinski definition) is 1. The number of hydrogen-bond acceptors (Lipinski definition) is 2. The highest BCUT2D eigenvalue weighted by molar-refractivity contribution is 9.10. The Kier molecular flexibility index (Phi) is 4.60. The summed E-state index contributed by atoms with van der Waals surface area (Å²) in [6.45, 7) is 2.43. The molecule has 94 valence electrons. The first-order valence-corrected chi connectivity index (χ1v) is 7.11. The van der Waals surface area contributed by atoms with E-state index >= 15 is 0 Å². The minimum Gasteiger partial charge on any atom is -0.313 e. The van der Waals surface area contributed by atoms with Gasteiger partial charge in [0.2, 0.25) is 0 Å². The summed E-state index contributed by atoms with van der Waals surface area (Å²) in [5, 5.41) is 3.49. The second-order valence-electron chi connectivity index (χ2n) is 4.99. The van der Waals surface area contributed by atoms with Gasteiger partial charge in [-0.3, -0.25) is 0 Å². The average molecular weight is 297 g/mol. The molecule has 1 aliphatic heterocycles. The number of benzene rings is 1. The summed E-state index contributed by atoms with van der Waals surface area (Å²) in [6, 6.07) is 9.13. The van der Waals surface area contributed by atoms with Crippen LogP contribution in [0.1, 0.15) is 24.4 Å². The third-order valence-corrected chi connectivity index (χ3v) is 4.14. The lowest BCUT2D eigenvalue weighted by molar-refractivity contribution is 0.177. The van der Waals surface area contributed by atoms with E-state index in [4.69, 9.17) is 0 Å². The van der Waals surface area contributed by atoms with Gasteiger partial charge >= 0.3 is 0 Å². The van der Waals surface area contributed by atoms with Crippen molar-refractivity contribution in [2.45, 2.75) is 18.9 Å². The molecule has 2 rings (SSSR count). The van der Waals surface area contributed by atoms with Crippen molar-refractivity contribution in [3.05, 3.63) is 34.3 Å². The van der Waals surface area contributed by atoms with Crippen molar-refractivity contribution in [3.8, 4) is 0 Å². The lowest BCUT2D eigenvalue weighted by Crippen LogP contribution is -2.38. The van der Waals surface area contributed by atoms with Gasteiger partial charge in [0.05, 0.1) is 0 Å². The van der Waals surface area contributed by atoms with Gasteiger partial charge in [0.1, 0.15) is 0 Å². The number of likely N-dealkylation sites (tertiary alicyclic amines) is 1. The monoisotopic (exact) mass is 296 g/mol. The highest BCUT2D eigenvalue weighted by Gasteiger charge is 2.25. The summed E-state index contributed by atoms with van der Waals surface area (Å²) in [5.74, 6) is 0.716. The highest BCUT2D eigenvalue weighted by Crippen LogP contribution is 2.30.